The van der Waals surface area contributed by atoms with E-state index < -0.39 is 12.5 Å². The van der Waals surface area contributed by atoms with E-state index in [2.05, 4.69) is 10.2 Å². The third kappa shape index (κ3) is 5.70. The lowest BCUT2D eigenvalue weighted by Crippen LogP contribution is -2.52. The Hall–Kier alpha value is -2.10. The molecule has 2 saturated carbocycles. The van der Waals surface area contributed by atoms with E-state index in [1.165, 1.54) is 29.9 Å². The van der Waals surface area contributed by atoms with Crippen molar-refractivity contribution in [2.45, 2.75) is 51.0 Å². The summed E-state index contributed by atoms with van der Waals surface area (Å²) in [4.78, 5) is 28.9. The van der Waals surface area contributed by atoms with Crippen molar-refractivity contribution in [3.8, 4) is 0 Å². The summed E-state index contributed by atoms with van der Waals surface area (Å²) in [6.45, 7) is 2.37. The number of carbonyl (C=O) groups excluding carboxylic acids is 2. The highest BCUT2D eigenvalue weighted by Gasteiger charge is 2.33. The summed E-state index contributed by atoms with van der Waals surface area (Å²) < 4.78 is 32.9. The first-order valence-corrected chi connectivity index (χ1v) is 12.0. The first kappa shape index (κ1) is 24.0. The number of amides is 2. The van der Waals surface area contributed by atoms with Crippen LogP contribution in [0.4, 0.5) is 20.2 Å². The second kappa shape index (κ2) is 10.9. The first-order valence-electron chi connectivity index (χ1n) is 12.0. The summed E-state index contributed by atoms with van der Waals surface area (Å²) in [6.07, 6.45) is 4.30. The number of benzene rings is 1. The molecular weight excluding hydrogens is 430 g/mol. The fraction of sp³-hybridized carbons (Fsp3) is 0.667. The molecule has 0 spiro atoms. The summed E-state index contributed by atoms with van der Waals surface area (Å²) in [6, 6.07) is 3.76. The smallest absolute Gasteiger partial charge is 0.265 e. The molecule has 3 fully saturated rings. The normalized spacial score (nSPS) is 20.6. The maximum atomic E-state index is 13.9. The maximum Gasteiger partial charge on any atom is 0.265 e. The number of nitrogens with two attached hydrogens (primary N) is 1. The van der Waals surface area contributed by atoms with Crippen molar-refractivity contribution < 1.29 is 23.1 Å². The molecular formula is C24H34F2N4O3. The van der Waals surface area contributed by atoms with Crippen LogP contribution >= 0.6 is 0 Å². The average molecular weight is 465 g/mol. The fourth-order valence-corrected chi connectivity index (χ4v) is 4.78. The second-order valence-electron chi connectivity index (χ2n) is 9.46. The zero-order valence-electron chi connectivity index (χ0n) is 19.0. The van der Waals surface area contributed by atoms with Gasteiger partial charge < -0.3 is 20.7 Å². The molecule has 1 atom stereocenters. The van der Waals surface area contributed by atoms with Crippen molar-refractivity contribution in [2.24, 2.45) is 17.6 Å². The summed E-state index contributed by atoms with van der Waals surface area (Å²) >= 11 is 0. The minimum Gasteiger partial charge on any atom is -0.370 e. The van der Waals surface area contributed by atoms with Gasteiger partial charge in [-0.25, -0.2) is 8.78 Å². The monoisotopic (exact) mass is 464 g/mol. The molecule has 9 heteroatoms. The third-order valence-corrected chi connectivity index (χ3v) is 7.23. The van der Waals surface area contributed by atoms with Crippen molar-refractivity contribution in [2.75, 3.05) is 49.6 Å². The number of nitrogens with zero attached hydrogens (tertiary/aromatic N) is 2. The number of halogens is 2. The van der Waals surface area contributed by atoms with Crippen LogP contribution < -0.4 is 16.0 Å². The van der Waals surface area contributed by atoms with Gasteiger partial charge in [0.1, 0.15) is 12.6 Å². The number of rotatable bonds is 10. The van der Waals surface area contributed by atoms with E-state index in [4.69, 9.17) is 10.5 Å². The molecule has 4 rings (SSSR count). The van der Waals surface area contributed by atoms with Crippen LogP contribution in [0.2, 0.25) is 0 Å². The molecule has 0 unspecified atom stereocenters. The zero-order chi connectivity index (χ0) is 23.4. The van der Waals surface area contributed by atoms with Gasteiger partial charge >= 0.3 is 0 Å². The van der Waals surface area contributed by atoms with Crippen LogP contribution in [0.1, 0.15) is 50.5 Å². The van der Waals surface area contributed by atoms with Crippen LogP contribution in [0, 0.1) is 11.8 Å². The number of ether oxygens (including phenoxy) is 1. The summed E-state index contributed by atoms with van der Waals surface area (Å²) in [7, 11) is 0. The molecule has 1 heterocycles. The molecule has 1 aromatic rings. The highest BCUT2D eigenvalue weighted by Crippen LogP contribution is 2.34. The Morgan fingerprint density at radius 3 is 2.36 bits per heavy atom. The Labute approximate surface area is 193 Å². The molecule has 3 N–H and O–H groups in total. The van der Waals surface area contributed by atoms with Crippen LogP contribution in [0.15, 0.2) is 18.2 Å². The average Bonchev–Trinajstić information content (AvgIpc) is 2.73. The van der Waals surface area contributed by atoms with Crippen molar-refractivity contribution in [3.05, 3.63) is 23.8 Å². The molecule has 7 nitrogen and oxygen atoms in total. The molecule has 1 aromatic carbocycles. The van der Waals surface area contributed by atoms with Gasteiger partial charge in [0.25, 0.3) is 12.3 Å². The lowest BCUT2D eigenvalue weighted by Gasteiger charge is -2.40. The molecule has 2 aliphatic carbocycles. The first-order chi connectivity index (χ1) is 16.0. The molecule has 1 saturated heterocycles. The topological polar surface area (TPSA) is 87.9 Å². The van der Waals surface area contributed by atoms with Crippen molar-refractivity contribution >= 4 is 23.2 Å². The lowest BCUT2D eigenvalue weighted by atomic mass is 9.82. The summed E-state index contributed by atoms with van der Waals surface area (Å²) in [5.74, 6) is 0.528. The number of hydrogen-bond acceptors (Lipinski definition) is 5. The van der Waals surface area contributed by atoms with Crippen LogP contribution in [-0.2, 0) is 14.3 Å². The van der Waals surface area contributed by atoms with Gasteiger partial charge in [-0.3, -0.25) is 14.5 Å². The van der Waals surface area contributed by atoms with E-state index in [0.717, 1.165) is 38.8 Å². The number of nitrogens with one attached hydrogen (secondary N) is 1. The number of morpholine rings is 1. The van der Waals surface area contributed by atoms with E-state index in [1.54, 1.807) is 6.07 Å². The van der Waals surface area contributed by atoms with Crippen LogP contribution in [0.5, 0.6) is 0 Å². The Morgan fingerprint density at radius 1 is 1.18 bits per heavy atom. The molecule has 1 aliphatic heterocycles. The van der Waals surface area contributed by atoms with Crippen molar-refractivity contribution in [1.29, 1.82) is 0 Å². The standard InChI is InChI=1S/C24H34F2N4O3/c25-23(26)19-11-18(30-9-10-33-15-22(30)31)7-8-20(19)28-24(32)21(12-27)29(13-16-3-1-4-16)14-17-5-2-6-17/h7-8,11,16-17,21,23H,1-6,9-10,12-15,27H2,(H,28,32)/t21-/m1/s1. The van der Waals surface area contributed by atoms with Gasteiger partial charge in [-0.1, -0.05) is 12.8 Å². The number of carbonyl (C=O) groups is 2. The van der Waals surface area contributed by atoms with E-state index >= 15 is 0 Å². The Balaban J connectivity index is 1.50. The van der Waals surface area contributed by atoms with Crippen LogP contribution in [0.25, 0.3) is 0 Å². The van der Waals surface area contributed by atoms with Gasteiger partial charge in [0.2, 0.25) is 5.91 Å². The Kier molecular flexibility index (Phi) is 7.93. The second-order valence-corrected chi connectivity index (χ2v) is 9.46. The highest BCUT2D eigenvalue weighted by molar-refractivity contribution is 5.97. The molecule has 0 aromatic heterocycles. The van der Waals surface area contributed by atoms with Crippen LogP contribution in [-0.4, -0.2) is 62.1 Å². The fourth-order valence-electron chi connectivity index (χ4n) is 4.78. The van der Waals surface area contributed by atoms with Crippen molar-refractivity contribution in [1.82, 2.24) is 4.90 Å². The third-order valence-electron chi connectivity index (χ3n) is 7.23. The van der Waals surface area contributed by atoms with E-state index in [1.807, 2.05) is 0 Å². The Morgan fingerprint density at radius 2 is 1.85 bits per heavy atom. The SMILES string of the molecule is NC[C@H](C(=O)Nc1ccc(N2CCOCC2=O)cc1C(F)F)N(CC1CCC1)CC1CCC1. The minimum absolute atomic E-state index is 0.0603. The lowest BCUT2D eigenvalue weighted by molar-refractivity contribution is -0.125. The maximum absolute atomic E-state index is 13.9. The van der Waals surface area contributed by atoms with Gasteiger partial charge in [-0.15, -0.1) is 0 Å². The number of alkyl halides is 2. The number of hydrogen-bond donors (Lipinski definition) is 2. The van der Waals surface area contributed by atoms with Gasteiger partial charge in [-0.2, -0.15) is 0 Å². The van der Waals surface area contributed by atoms with Crippen molar-refractivity contribution in [3.63, 3.8) is 0 Å². The van der Waals surface area contributed by atoms with Crippen LogP contribution in [0.3, 0.4) is 0 Å². The molecule has 182 valence electrons. The van der Waals surface area contributed by atoms with Gasteiger partial charge in [0.15, 0.2) is 0 Å². The highest BCUT2D eigenvalue weighted by atomic mass is 19.3. The molecule has 2 amide bonds. The quantitative estimate of drug-likeness (QED) is 0.555. The zero-order valence-corrected chi connectivity index (χ0v) is 19.0. The summed E-state index contributed by atoms with van der Waals surface area (Å²) in [5.41, 5.74) is 6.16. The van der Waals surface area contributed by atoms with E-state index in [9.17, 15) is 18.4 Å². The molecule has 33 heavy (non-hydrogen) atoms. The van der Waals surface area contributed by atoms with E-state index in [-0.39, 0.29) is 36.2 Å². The largest absolute Gasteiger partial charge is 0.370 e. The minimum atomic E-state index is -2.80. The Bertz CT molecular complexity index is 829. The predicted molar refractivity (Wildman–Crippen MR) is 122 cm³/mol. The van der Waals surface area contributed by atoms with Gasteiger partial charge in [0, 0.05) is 43.1 Å². The summed E-state index contributed by atoms with van der Waals surface area (Å²) in [5, 5.41) is 2.71. The molecule has 0 radical (unpaired) electrons. The predicted octanol–water partition coefficient (Wildman–Crippen LogP) is 3.16. The van der Waals surface area contributed by atoms with Gasteiger partial charge in [0.05, 0.1) is 6.61 Å². The number of anilines is 2. The molecule has 0 bridgehead atoms. The van der Waals surface area contributed by atoms with E-state index in [0.29, 0.717) is 30.7 Å². The van der Waals surface area contributed by atoms with Gasteiger partial charge in [-0.05, 0) is 55.7 Å². The molecule has 3 aliphatic rings.